The molecular weight excluding hydrogens is 600 g/mol. The van der Waals surface area contributed by atoms with Gasteiger partial charge in [0.1, 0.15) is 41.9 Å². The van der Waals surface area contributed by atoms with Crippen LogP contribution in [-0.2, 0) is 33.2 Å². The van der Waals surface area contributed by atoms with Gasteiger partial charge < -0.3 is 59.1 Å². The van der Waals surface area contributed by atoms with Gasteiger partial charge >= 0.3 is 11.9 Å². The van der Waals surface area contributed by atoms with E-state index in [1.54, 1.807) is 37.3 Å². The maximum absolute atomic E-state index is 13.3. The SMILES string of the molecule is CO[C@H]1O[C@@]2(C)CC(=O)[C@H]3C[C@]2(O[C@@H]2O[C@H](OC(=O)c4cc(O)c(O)c(O)c4)[C@@H](O)[C@H](O)[C@H]2O)[C@]13COC(=O)c1ccccc1. The molecular formula is C30H32O15. The number of ether oxygens (including phenoxy) is 6. The van der Waals surface area contributed by atoms with Crippen LogP contribution in [0.25, 0.3) is 0 Å². The first-order valence-electron chi connectivity index (χ1n) is 14.1. The standard InChI is InChI=1S/C30H32O15/c1-28-11-18(33)15-10-30(28,29(15,27(40-2)45-28)12-41-23(38)13-6-4-3-5-7-13)44-26-22(37)20(35)21(36)25(43-26)42-24(39)14-8-16(31)19(34)17(32)9-14/h3-9,15,20-22,25-27,31-32,34-37H,10-12H2,1-2H3/t15-,20+,21+,22-,25+,26+,27+,28+,29+,30-/m1/s1. The fraction of sp³-hybridized carbons (Fsp3) is 0.500. The van der Waals surface area contributed by atoms with Gasteiger partial charge in [-0.3, -0.25) is 4.79 Å². The molecule has 2 saturated heterocycles. The summed E-state index contributed by atoms with van der Waals surface area (Å²) in [5, 5.41) is 61.3. The predicted molar refractivity (Wildman–Crippen MR) is 145 cm³/mol. The Labute approximate surface area is 255 Å². The Balaban J connectivity index is 1.28. The van der Waals surface area contributed by atoms with Gasteiger partial charge in [0, 0.05) is 19.4 Å². The molecule has 5 fully saturated rings. The van der Waals surface area contributed by atoms with Crippen molar-refractivity contribution in [3.05, 3.63) is 53.6 Å². The zero-order valence-corrected chi connectivity index (χ0v) is 24.1. The number of hydrogen-bond donors (Lipinski definition) is 6. The molecule has 4 bridgehead atoms. The topological polar surface area (TPSA) is 228 Å². The number of fused-ring (bicyclic) bond motifs is 1. The number of benzene rings is 2. The number of carbonyl (C=O) groups is 3. The molecule has 0 amide bonds. The summed E-state index contributed by atoms with van der Waals surface area (Å²) in [4.78, 5) is 39.0. The lowest BCUT2D eigenvalue weighted by Crippen LogP contribution is -2.80. The molecule has 15 nitrogen and oxygen atoms in total. The molecule has 0 aromatic heterocycles. The summed E-state index contributed by atoms with van der Waals surface area (Å²) in [6.07, 6.45) is -10.7. The number of aromatic hydroxyl groups is 3. The fourth-order valence-electron chi connectivity index (χ4n) is 7.13. The van der Waals surface area contributed by atoms with Crippen LogP contribution >= 0.6 is 0 Å². The second-order valence-corrected chi connectivity index (χ2v) is 11.9. The minimum atomic E-state index is -1.97. The van der Waals surface area contributed by atoms with Crippen molar-refractivity contribution >= 4 is 17.7 Å². The average Bonchev–Trinajstić information content (AvgIpc) is 3.09. The summed E-state index contributed by atoms with van der Waals surface area (Å²) >= 11 is 0. The Morgan fingerprint density at radius 2 is 1.58 bits per heavy atom. The molecule has 3 saturated carbocycles. The van der Waals surface area contributed by atoms with Gasteiger partial charge in [0.2, 0.25) is 6.29 Å². The third kappa shape index (κ3) is 4.49. The van der Waals surface area contributed by atoms with Gasteiger partial charge in [-0.05, 0) is 37.6 Å². The van der Waals surface area contributed by atoms with Gasteiger partial charge in [0.05, 0.1) is 16.5 Å². The maximum Gasteiger partial charge on any atom is 0.340 e. The van der Waals surface area contributed by atoms with Crippen molar-refractivity contribution in [2.75, 3.05) is 13.7 Å². The van der Waals surface area contributed by atoms with E-state index in [1.165, 1.54) is 7.11 Å². The molecule has 0 unspecified atom stereocenters. The molecule has 0 radical (unpaired) electrons. The quantitative estimate of drug-likeness (QED) is 0.167. The van der Waals surface area contributed by atoms with Crippen LogP contribution in [0.4, 0.5) is 0 Å². The van der Waals surface area contributed by atoms with Crippen molar-refractivity contribution in [1.82, 2.24) is 0 Å². The number of carbonyl (C=O) groups excluding carboxylic acids is 3. The molecule has 15 heteroatoms. The Bertz CT molecular complexity index is 1490. The van der Waals surface area contributed by atoms with E-state index in [0.29, 0.717) is 0 Å². The number of esters is 2. The number of phenols is 3. The van der Waals surface area contributed by atoms with E-state index < -0.39 is 94.5 Å². The first-order valence-corrected chi connectivity index (χ1v) is 14.1. The van der Waals surface area contributed by atoms with Crippen LogP contribution in [0.2, 0.25) is 0 Å². The number of Topliss-reactive ketones (excluding diaryl/α,β-unsaturated/α-hetero) is 1. The van der Waals surface area contributed by atoms with Crippen LogP contribution in [0.5, 0.6) is 17.2 Å². The Hall–Kier alpha value is -3.83. The minimum Gasteiger partial charge on any atom is -0.504 e. The highest BCUT2D eigenvalue weighted by Crippen LogP contribution is 2.74. The molecule has 3 aliphatic carbocycles. The molecule has 45 heavy (non-hydrogen) atoms. The number of phenolic OH excluding ortho intramolecular Hbond substituents is 3. The van der Waals surface area contributed by atoms with Crippen LogP contribution < -0.4 is 0 Å². The number of hydrogen-bond acceptors (Lipinski definition) is 15. The largest absolute Gasteiger partial charge is 0.504 e. The van der Waals surface area contributed by atoms with Crippen LogP contribution in [0.1, 0.15) is 40.5 Å². The summed E-state index contributed by atoms with van der Waals surface area (Å²) in [6.45, 7) is 1.22. The molecule has 7 rings (SSSR count). The van der Waals surface area contributed by atoms with Crippen LogP contribution in [-0.4, -0.2) is 110 Å². The minimum absolute atomic E-state index is 0.0484. The molecule has 2 aromatic rings. The summed E-state index contributed by atoms with van der Waals surface area (Å²) in [7, 11) is 1.35. The van der Waals surface area contributed by atoms with Crippen molar-refractivity contribution in [3.8, 4) is 17.2 Å². The highest BCUT2D eigenvalue weighted by molar-refractivity contribution is 5.91. The van der Waals surface area contributed by atoms with E-state index >= 15 is 0 Å². The fourth-order valence-corrected chi connectivity index (χ4v) is 7.13. The normalized spacial score (nSPS) is 38.3. The van der Waals surface area contributed by atoms with Crippen molar-refractivity contribution in [3.63, 3.8) is 0 Å². The summed E-state index contributed by atoms with van der Waals surface area (Å²) < 4.78 is 34.8. The van der Waals surface area contributed by atoms with Crippen molar-refractivity contribution in [2.24, 2.45) is 11.3 Å². The van der Waals surface area contributed by atoms with Gasteiger partial charge in [-0.25, -0.2) is 9.59 Å². The first kappa shape index (κ1) is 31.2. The Kier molecular flexibility index (Phi) is 7.55. The summed E-state index contributed by atoms with van der Waals surface area (Å²) in [5.74, 6) is -5.36. The van der Waals surface area contributed by atoms with Crippen LogP contribution in [0.15, 0.2) is 42.5 Å². The second-order valence-electron chi connectivity index (χ2n) is 11.9. The third-order valence-electron chi connectivity index (χ3n) is 9.44. The molecule has 2 aliphatic heterocycles. The van der Waals surface area contributed by atoms with Crippen LogP contribution in [0, 0.1) is 11.3 Å². The maximum atomic E-state index is 13.3. The van der Waals surface area contributed by atoms with E-state index in [9.17, 15) is 45.0 Å². The van der Waals surface area contributed by atoms with Crippen LogP contribution in [0.3, 0.4) is 0 Å². The number of ketones is 1. The average molecular weight is 633 g/mol. The Morgan fingerprint density at radius 3 is 2.22 bits per heavy atom. The molecule has 242 valence electrons. The molecule has 0 spiro atoms. The molecule has 10 atom stereocenters. The molecule has 2 aromatic carbocycles. The molecule has 2 heterocycles. The number of aliphatic hydroxyl groups is 3. The predicted octanol–water partition coefficient (Wildman–Crippen LogP) is 0.0782. The molecule has 5 aliphatic rings. The lowest BCUT2D eigenvalue weighted by atomic mass is 9.41. The van der Waals surface area contributed by atoms with E-state index in [0.717, 1.165) is 12.1 Å². The van der Waals surface area contributed by atoms with E-state index in [1.807, 2.05) is 0 Å². The van der Waals surface area contributed by atoms with Gasteiger partial charge in [-0.1, -0.05) is 18.2 Å². The van der Waals surface area contributed by atoms with Crippen molar-refractivity contribution in [2.45, 2.75) is 68.1 Å². The zero-order valence-electron chi connectivity index (χ0n) is 24.1. The van der Waals surface area contributed by atoms with E-state index in [4.69, 9.17) is 28.4 Å². The number of methoxy groups -OCH3 is 1. The van der Waals surface area contributed by atoms with E-state index in [-0.39, 0.29) is 30.8 Å². The van der Waals surface area contributed by atoms with Gasteiger partial charge in [0.15, 0.2) is 29.8 Å². The van der Waals surface area contributed by atoms with Gasteiger partial charge in [0.25, 0.3) is 0 Å². The number of aliphatic hydroxyl groups excluding tert-OH is 3. The van der Waals surface area contributed by atoms with Crippen molar-refractivity contribution < 1.29 is 73.4 Å². The Morgan fingerprint density at radius 1 is 0.933 bits per heavy atom. The first-order chi connectivity index (χ1) is 21.3. The van der Waals surface area contributed by atoms with Gasteiger partial charge in [-0.2, -0.15) is 0 Å². The third-order valence-corrected chi connectivity index (χ3v) is 9.44. The highest BCUT2D eigenvalue weighted by atomic mass is 16.8. The summed E-state index contributed by atoms with van der Waals surface area (Å²) in [6, 6.07) is 9.75. The lowest BCUT2D eigenvalue weighted by molar-refractivity contribution is -0.399. The second kappa shape index (κ2) is 10.9. The van der Waals surface area contributed by atoms with Crippen molar-refractivity contribution in [1.29, 1.82) is 0 Å². The smallest absolute Gasteiger partial charge is 0.340 e. The summed E-state index contributed by atoms with van der Waals surface area (Å²) in [5.41, 5.74) is -4.46. The zero-order chi connectivity index (χ0) is 32.5. The highest BCUT2D eigenvalue weighted by Gasteiger charge is 2.87. The van der Waals surface area contributed by atoms with E-state index in [2.05, 4.69) is 0 Å². The van der Waals surface area contributed by atoms with Gasteiger partial charge in [-0.15, -0.1) is 0 Å². The lowest BCUT2D eigenvalue weighted by Gasteiger charge is -2.66. The number of rotatable bonds is 8. The molecule has 6 N–H and O–H groups in total. The monoisotopic (exact) mass is 632 g/mol.